The van der Waals surface area contributed by atoms with Gasteiger partial charge in [-0.3, -0.25) is 5.32 Å². The summed E-state index contributed by atoms with van der Waals surface area (Å²) in [6, 6.07) is 0.170. The minimum Gasteiger partial charge on any atom is -0.444 e. The lowest BCUT2D eigenvalue weighted by molar-refractivity contribution is 0.0634. The molecule has 1 amide bonds. The van der Waals surface area contributed by atoms with Crippen molar-refractivity contribution in [3.05, 3.63) is 10.2 Å². The van der Waals surface area contributed by atoms with Crippen molar-refractivity contribution in [3.8, 4) is 0 Å². The third kappa shape index (κ3) is 3.53. The van der Waals surface area contributed by atoms with Crippen LogP contribution in [0, 0.1) is 0 Å². The van der Waals surface area contributed by atoms with E-state index in [0.29, 0.717) is 11.7 Å². The minimum atomic E-state index is -0.515. The summed E-state index contributed by atoms with van der Waals surface area (Å²) in [6.07, 6.45) is 1.88. The molecule has 0 atom stereocenters. The second-order valence-electron chi connectivity index (χ2n) is 6.49. The van der Waals surface area contributed by atoms with Crippen LogP contribution in [0.15, 0.2) is 4.47 Å². The van der Waals surface area contributed by atoms with E-state index < -0.39 is 11.7 Å². The first-order valence-corrected chi connectivity index (χ1v) is 7.76. The van der Waals surface area contributed by atoms with Crippen LogP contribution in [0.1, 0.15) is 65.1 Å². The average Bonchev–Trinajstić information content (AvgIpc) is 3.04. The van der Waals surface area contributed by atoms with E-state index in [1.54, 1.807) is 0 Å². The van der Waals surface area contributed by atoms with Crippen molar-refractivity contribution in [2.45, 2.75) is 65.0 Å². The normalized spacial score (nSPS) is 15.6. The number of carbonyl (C=O) groups is 1. The zero-order chi connectivity index (χ0) is 15.1. The van der Waals surface area contributed by atoms with E-state index in [2.05, 4.69) is 26.3 Å². The zero-order valence-corrected chi connectivity index (χ0v) is 14.2. The standard InChI is InChI=1S/C14H22BrN3O2/c1-8(2)18-12(16-13(19)20-14(3,4)5)10(15)11(17-18)9-6-7-9/h8-9H,6-7H2,1-5H3,(H,16,19). The molecule has 1 aliphatic rings. The van der Waals surface area contributed by atoms with Gasteiger partial charge in [-0.05, 0) is 63.4 Å². The fourth-order valence-corrected chi connectivity index (χ4v) is 2.62. The van der Waals surface area contributed by atoms with Crippen LogP contribution in [0.5, 0.6) is 0 Å². The Hall–Kier alpha value is -1.04. The van der Waals surface area contributed by atoms with E-state index in [0.717, 1.165) is 10.2 Å². The highest BCUT2D eigenvalue weighted by atomic mass is 79.9. The summed E-state index contributed by atoms with van der Waals surface area (Å²) < 4.78 is 8.01. The molecule has 0 spiro atoms. The second kappa shape index (κ2) is 5.39. The molecule has 20 heavy (non-hydrogen) atoms. The Kier molecular flexibility index (Phi) is 4.14. The van der Waals surface area contributed by atoms with Crippen LogP contribution in [-0.2, 0) is 4.74 Å². The number of carbonyl (C=O) groups excluding carboxylic acids is 1. The van der Waals surface area contributed by atoms with Gasteiger partial charge in [0.25, 0.3) is 0 Å². The van der Waals surface area contributed by atoms with Crippen molar-refractivity contribution >= 4 is 27.8 Å². The molecule has 5 nitrogen and oxygen atoms in total. The van der Waals surface area contributed by atoms with Gasteiger partial charge in [0.2, 0.25) is 0 Å². The highest BCUT2D eigenvalue weighted by Crippen LogP contribution is 2.45. The molecule has 1 N–H and O–H groups in total. The van der Waals surface area contributed by atoms with E-state index in [1.807, 2.05) is 39.3 Å². The Balaban J connectivity index is 2.23. The lowest BCUT2D eigenvalue weighted by Crippen LogP contribution is -2.28. The van der Waals surface area contributed by atoms with E-state index in [-0.39, 0.29) is 6.04 Å². The summed E-state index contributed by atoms with van der Waals surface area (Å²) in [5, 5.41) is 7.43. The molecule has 2 rings (SSSR count). The van der Waals surface area contributed by atoms with Gasteiger partial charge in [-0.25, -0.2) is 9.48 Å². The predicted molar refractivity (Wildman–Crippen MR) is 82.1 cm³/mol. The van der Waals surface area contributed by atoms with Crippen LogP contribution in [0.3, 0.4) is 0 Å². The number of amides is 1. The van der Waals surface area contributed by atoms with Gasteiger partial charge in [-0.1, -0.05) is 0 Å². The number of nitrogens with one attached hydrogen (secondary N) is 1. The minimum absolute atomic E-state index is 0.170. The van der Waals surface area contributed by atoms with Crippen LogP contribution in [-0.4, -0.2) is 21.5 Å². The van der Waals surface area contributed by atoms with Gasteiger partial charge in [0, 0.05) is 12.0 Å². The van der Waals surface area contributed by atoms with Gasteiger partial charge in [0.15, 0.2) is 0 Å². The summed E-state index contributed by atoms with van der Waals surface area (Å²) >= 11 is 3.57. The molecule has 1 heterocycles. The Labute approximate surface area is 128 Å². The molecule has 0 aromatic carbocycles. The number of aromatic nitrogens is 2. The van der Waals surface area contributed by atoms with E-state index in [1.165, 1.54) is 12.8 Å². The summed E-state index contributed by atoms with van der Waals surface area (Å²) in [6.45, 7) is 9.61. The van der Waals surface area contributed by atoms with Gasteiger partial charge in [-0.15, -0.1) is 0 Å². The highest BCUT2D eigenvalue weighted by molar-refractivity contribution is 9.10. The molecule has 0 bridgehead atoms. The summed E-state index contributed by atoms with van der Waals surface area (Å²) in [5.74, 6) is 1.19. The van der Waals surface area contributed by atoms with Gasteiger partial charge < -0.3 is 4.74 Å². The molecule has 0 saturated heterocycles. The van der Waals surface area contributed by atoms with Crippen LogP contribution >= 0.6 is 15.9 Å². The molecule has 1 aromatic rings. The quantitative estimate of drug-likeness (QED) is 0.881. The Morgan fingerprint density at radius 3 is 2.50 bits per heavy atom. The third-order valence-corrected chi connectivity index (χ3v) is 3.73. The van der Waals surface area contributed by atoms with Crippen molar-refractivity contribution in [2.24, 2.45) is 0 Å². The first-order valence-electron chi connectivity index (χ1n) is 6.97. The van der Waals surface area contributed by atoms with Gasteiger partial charge in [0.05, 0.1) is 10.2 Å². The second-order valence-corrected chi connectivity index (χ2v) is 7.28. The molecule has 1 aromatic heterocycles. The highest BCUT2D eigenvalue weighted by Gasteiger charge is 2.32. The Morgan fingerprint density at radius 2 is 2.05 bits per heavy atom. The lowest BCUT2D eigenvalue weighted by Gasteiger charge is -2.20. The van der Waals surface area contributed by atoms with E-state index in [9.17, 15) is 4.79 Å². The Bertz CT molecular complexity index is 513. The maximum Gasteiger partial charge on any atom is 0.413 e. The predicted octanol–water partition coefficient (Wildman–Crippen LogP) is 4.45. The van der Waals surface area contributed by atoms with E-state index in [4.69, 9.17) is 4.74 Å². The first kappa shape index (κ1) is 15.4. The largest absolute Gasteiger partial charge is 0.444 e. The molecule has 1 saturated carbocycles. The maximum atomic E-state index is 12.0. The monoisotopic (exact) mass is 343 g/mol. The molecule has 0 radical (unpaired) electrons. The topological polar surface area (TPSA) is 56.2 Å². The Morgan fingerprint density at radius 1 is 1.45 bits per heavy atom. The molecular weight excluding hydrogens is 322 g/mol. The molecule has 112 valence electrons. The summed E-state index contributed by atoms with van der Waals surface area (Å²) in [7, 11) is 0. The molecule has 6 heteroatoms. The fraction of sp³-hybridized carbons (Fsp3) is 0.714. The number of halogens is 1. The van der Waals surface area contributed by atoms with Crippen LogP contribution in [0.2, 0.25) is 0 Å². The van der Waals surface area contributed by atoms with E-state index >= 15 is 0 Å². The molecule has 1 fully saturated rings. The fourth-order valence-electron chi connectivity index (χ4n) is 1.94. The van der Waals surface area contributed by atoms with Crippen molar-refractivity contribution < 1.29 is 9.53 Å². The van der Waals surface area contributed by atoms with Crippen molar-refractivity contribution in [2.75, 3.05) is 5.32 Å². The SMILES string of the molecule is CC(C)n1nc(C2CC2)c(Br)c1NC(=O)OC(C)(C)C. The summed E-state index contributed by atoms with van der Waals surface area (Å²) in [4.78, 5) is 12.0. The molecule has 0 aliphatic heterocycles. The van der Waals surface area contributed by atoms with Crippen LogP contribution in [0.25, 0.3) is 0 Å². The van der Waals surface area contributed by atoms with Gasteiger partial charge in [-0.2, -0.15) is 5.10 Å². The number of hydrogen-bond acceptors (Lipinski definition) is 3. The average molecular weight is 344 g/mol. The summed E-state index contributed by atoms with van der Waals surface area (Å²) in [5.41, 5.74) is 0.517. The molecule has 1 aliphatic carbocycles. The van der Waals surface area contributed by atoms with Gasteiger partial charge >= 0.3 is 6.09 Å². The van der Waals surface area contributed by atoms with Crippen LogP contribution in [0.4, 0.5) is 10.6 Å². The number of hydrogen-bond donors (Lipinski definition) is 1. The number of ether oxygens (including phenoxy) is 1. The third-order valence-electron chi connectivity index (χ3n) is 2.95. The maximum absolute atomic E-state index is 12.0. The van der Waals surface area contributed by atoms with Crippen LogP contribution < -0.4 is 5.32 Å². The first-order chi connectivity index (χ1) is 9.19. The van der Waals surface area contributed by atoms with Gasteiger partial charge in [0.1, 0.15) is 11.4 Å². The number of nitrogens with zero attached hydrogens (tertiary/aromatic N) is 2. The molecule has 0 unspecified atom stereocenters. The van der Waals surface area contributed by atoms with Crippen molar-refractivity contribution in [1.29, 1.82) is 0 Å². The van der Waals surface area contributed by atoms with Crippen molar-refractivity contribution in [3.63, 3.8) is 0 Å². The number of rotatable bonds is 3. The molecular formula is C14H22BrN3O2. The lowest BCUT2D eigenvalue weighted by atomic mass is 10.2. The zero-order valence-electron chi connectivity index (χ0n) is 12.7. The number of anilines is 1. The van der Waals surface area contributed by atoms with Crippen molar-refractivity contribution in [1.82, 2.24) is 9.78 Å². The smallest absolute Gasteiger partial charge is 0.413 e.